The first-order chi connectivity index (χ1) is 28.5. The normalized spacial score (nSPS) is 12.7. The SMILES string of the molecule is CC\C=C/C=C\C=C/C=C\CCCCCCCC(=O)OCC(COC(=O)CCCCCC/C=C\CCCC)OC(=O)CCCCCCCCC/C=C\CCCCCC. The summed E-state index contributed by atoms with van der Waals surface area (Å²) >= 11 is 0. The van der Waals surface area contributed by atoms with Crippen LogP contribution >= 0.6 is 0 Å². The van der Waals surface area contributed by atoms with Gasteiger partial charge in [-0.1, -0.05) is 190 Å². The van der Waals surface area contributed by atoms with E-state index in [1.54, 1.807) is 0 Å². The lowest BCUT2D eigenvalue weighted by Crippen LogP contribution is -2.30. The molecule has 0 aromatic carbocycles. The second-order valence-electron chi connectivity index (χ2n) is 15.7. The summed E-state index contributed by atoms with van der Waals surface area (Å²) < 4.78 is 16.7. The van der Waals surface area contributed by atoms with E-state index in [1.165, 1.54) is 77.0 Å². The Balaban J connectivity index is 4.43. The average molecular weight is 809 g/mol. The van der Waals surface area contributed by atoms with E-state index in [4.69, 9.17) is 14.2 Å². The lowest BCUT2D eigenvalue weighted by molar-refractivity contribution is -0.167. The van der Waals surface area contributed by atoms with Gasteiger partial charge in [0, 0.05) is 19.3 Å². The van der Waals surface area contributed by atoms with Crippen molar-refractivity contribution < 1.29 is 28.6 Å². The predicted octanol–water partition coefficient (Wildman–Crippen LogP) is 15.5. The maximum absolute atomic E-state index is 12.7. The molecule has 0 aliphatic rings. The van der Waals surface area contributed by atoms with E-state index >= 15 is 0 Å². The molecule has 0 spiro atoms. The number of ether oxygens (including phenoxy) is 3. The molecule has 0 aromatic heterocycles. The van der Waals surface area contributed by atoms with Crippen molar-refractivity contribution in [2.45, 2.75) is 226 Å². The van der Waals surface area contributed by atoms with Crippen molar-refractivity contribution in [3.63, 3.8) is 0 Å². The van der Waals surface area contributed by atoms with Crippen molar-refractivity contribution >= 4 is 17.9 Å². The third-order valence-electron chi connectivity index (χ3n) is 10.0. The van der Waals surface area contributed by atoms with Gasteiger partial charge in [0.25, 0.3) is 0 Å². The number of rotatable bonds is 42. The van der Waals surface area contributed by atoms with Gasteiger partial charge in [0.05, 0.1) is 0 Å². The number of esters is 3. The zero-order valence-electron chi connectivity index (χ0n) is 37.8. The average Bonchev–Trinajstić information content (AvgIpc) is 3.22. The van der Waals surface area contributed by atoms with Crippen molar-refractivity contribution in [1.29, 1.82) is 0 Å². The Bertz CT molecular complexity index is 1110. The number of carbonyl (C=O) groups is 3. The molecule has 0 rings (SSSR count). The van der Waals surface area contributed by atoms with E-state index in [0.717, 1.165) is 103 Å². The van der Waals surface area contributed by atoms with Gasteiger partial charge < -0.3 is 14.2 Å². The minimum atomic E-state index is -0.790. The highest BCUT2D eigenvalue weighted by molar-refractivity contribution is 5.71. The lowest BCUT2D eigenvalue weighted by atomic mass is 10.1. The van der Waals surface area contributed by atoms with Crippen LogP contribution in [0.25, 0.3) is 0 Å². The Morgan fingerprint density at radius 2 is 0.707 bits per heavy atom. The molecule has 0 amide bonds. The number of allylic oxidation sites excluding steroid dienone is 12. The topological polar surface area (TPSA) is 78.9 Å². The van der Waals surface area contributed by atoms with Crippen LogP contribution in [-0.4, -0.2) is 37.2 Å². The standard InChI is InChI=1S/C52H88O6/c1-4-7-10-13-16-19-22-24-26-28-30-33-36-39-42-45-51(54)57-48-49(47-56-50(53)44-41-38-35-32-21-18-15-12-9-6-3)58-52(55)46-43-40-37-34-31-29-27-25-23-20-17-14-11-8-5-2/h7,10,13,15-16,18-20,22-24,26,49H,4-6,8-9,11-12,14,17,21,25,27-48H2,1-3H3/b10-7-,16-13-,18-15-,22-19-,23-20-,26-24-. The minimum Gasteiger partial charge on any atom is -0.462 e. The van der Waals surface area contributed by atoms with Crippen molar-refractivity contribution in [2.75, 3.05) is 13.2 Å². The highest BCUT2D eigenvalue weighted by Gasteiger charge is 2.19. The molecule has 0 aliphatic heterocycles. The molecule has 0 fully saturated rings. The molecule has 0 saturated carbocycles. The maximum Gasteiger partial charge on any atom is 0.306 e. The summed E-state index contributed by atoms with van der Waals surface area (Å²) in [5.41, 5.74) is 0. The summed E-state index contributed by atoms with van der Waals surface area (Å²) in [5, 5.41) is 0. The second kappa shape index (κ2) is 46.5. The van der Waals surface area contributed by atoms with Crippen LogP contribution in [0.4, 0.5) is 0 Å². The fraction of sp³-hybridized carbons (Fsp3) is 0.712. The van der Waals surface area contributed by atoms with E-state index in [0.29, 0.717) is 19.3 Å². The molecule has 0 saturated heterocycles. The molecule has 6 nitrogen and oxygen atoms in total. The quantitative estimate of drug-likeness (QED) is 0.0201. The molecular formula is C52H88O6. The Hall–Kier alpha value is -3.15. The van der Waals surface area contributed by atoms with Crippen LogP contribution in [0.3, 0.4) is 0 Å². The zero-order valence-corrected chi connectivity index (χ0v) is 37.8. The summed E-state index contributed by atoms with van der Waals surface area (Å²) in [4.78, 5) is 37.8. The molecule has 1 atom stereocenters. The first-order valence-electron chi connectivity index (χ1n) is 24.0. The van der Waals surface area contributed by atoms with Gasteiger partial charge in [-0.25, -0.2) is 0 Å². The molecular weight excluding hydrogens is 721 g/mol. The van der Waals surface area contributed by atoms with Gasteiger partial charge in [-0.3, -0.25) is 14.4 Å². The largest absolute Gasteiger partial charge is 0.462 e. The van der Waals surface area contributed by atoms with Crippen molar-refractivity contribution in [3.8, 4) is 0 Å². The molecule has 332 valence electrons. The predicted molar refractivity (Wildman–Crippen MR) is 247 cm³/mol. The van der Waals surface area contributed by atoms with Crippen molar-refractivity contribution in [1.82, 2.24) is 0 Å². The van der Waals surface area contributed by atoms with Crippen LogP contribution in [0, 0.1) is 0 Å². The molecule has 58 heavy (non-hydrogen) atoms. The zero-order chi connectivity index (χ0) is 42.3. The van der Waals surface area contributed by atoms with Crippen LogP contribution in [-0.2, 0) is 28.6 Å². The molecule has 0 aromatic rings. The van der Waals surface area contributed by atoms with Crippen LogP contribution in [0.15, 0.2) is 72.9 Å². The van der Waals surface area contributed by atoms with E-state index < -0.39 is 6.10 Å². The van der Waals surface area contributed by atoms with Gasteiger partial charge >= 0.3 is 17.9 Å². The molecule has 1 unspecified atom stereocenters. The maximum atomic E-state index is 12.7. The van der Waals surface area contributed by atoms with Gasteiger partial charge in [-0.2, -0.15) is 0 Å². The van der Waals surface area contributed by atoms with Crippen LogP contribution in [0.2, 0.25) is 0 Å². The molecule has 6 heteroatoms. The van der Waals surface area contributed by atoms with E-state index in [-0.39, 0.29) is 31.1 Å². The first kappa shape index (κ1) is 54.9. The van der Waals surface area contributed by atoms with E-state index in [9.17, 15) is 14.4 Å². The smallest absolute Gasteiger partial charge is 0.306 e. The molecule has 0 aliphatic carbocycles. The van der Waals surface area contributed by atoms with Crippen molar-refractivity contribution in [3.05, 3.63) is 72.9 Å². The number of hydrogen-bond acceptors (Lipinski definition) is 6. The van der Waals surface area contributed by atoms with E-state index in [2.05, 4.69) is 75.5 Å². The monoisotopic (exact) mass is 809 g/mol. The fourth-order valence-electron chi connectivity index (χ4n) is 6.37. The highest BCUT2D eigenvalue weighted by Crippen LogP contribution is 2.14. The second-order valence-corrected chi connectivity index (χ2v) is 15.7. The first-order valence-corrected chi connectivity index (χ1v) is 24.0. The Labute approximate surface area is 357 Å². The summed E-state index contributed by atoms with van der Waals surface area (Å²) in [6, 6.07) is 0. The van der Waals surface area contributed by atoms with Crippen LogP contribution < -0.4 is 0 Å². The van der Waals surface area contributed by atoms with Gasteiger partial charge in [-0.05, 0) is 83.5 Å². The Morgan fingerprint density at radius 3 is 1.16 bits per heavy atom. The van der Waals surface area contributed by atoms with Gasteiger partial charge in [0.2, 0.25) is 0 Å². The molecule has 0 heterocycles. The molecule has 0 N–H and O–H groups in total. The highest BCUT2D eigenvalue weighted by atomic mass is 16.6. The third-order valence-corrected chi connectivity index (χ3v) is 10.0. The number of carbonyl (C=O) groups excluding carboxylic acids is 3. The lowest BCUT2D eigenvalue weighted by Gasteiger charge is -2.18. The Kier molecular flexibility index (Phi) is 44.0. The van der Waals surface area contributed by atoms with E-state index in [1.807, 2.05) is 18.2 Å². The third kappa shape index (κ3) is 44.0. The summed E-state index contributed by atoms with van der Waals surface area (Å²) in [6.45, 7) is 6.40. The van der Waals surface area contributed by atoms with Crippen molar-refractivity contribution in [2.24, 2.45) is 0 Å². The minimum absolute atomic E-state index is 0.0916. The van der Waals surface area contributed by atoms with Gasteiger partial charge in [0.15, 0.2) is 6.10 Å². The number of unbranched alkanes of at least 4 members (excludes halogenated alkanes) is 22. The Morgan fingerprint density at radius 1 is 0.362 bits per heavy atom. The molecule has 0 radical (unpaired) electrons. The summed E-state index contributed by atoms with van der Waals surface area (Å²) in [7, 11) is 0. The van der Waals surface area contributed by atoms with Gasteiger partial charge in [-0.15, -0.1) is 0 Å². The van der Waals surface area contributed by atoms with Crippen LogP contribution in [0.1, 0.15) is 220 Å². The summed E-state index contributed by atoms with van der Waals surface area (Å²) in [6.07, 6.45) is 57.4. The number of hydrogen-bond donors (Lipinski definition) is 0. The summed E-state index contributed by atoms with van der Waals surface area (Å²) in [5.74, 6) is -0.935. The fourth-order valence-corrected chi connectivity index (χ4v) is 6.37. The van der Waals surface area contributed by atoms with Gasteiger partial charge in [0.1, 0.15) is 13.2 Å². The molecule has 0 bridgehead atoms. The van der Waals surface area contributed by atoms with Crippen LogP contribution in [0.5, 0.6) is 0 Å².